The summed E-state index contributed by atoms with van der Waals surface area (Å²) in [6.07, 6.45) is 2.38. The van der Waals surface area contributed by atoms with E-state index in [0.717, 1.165) is 46.9 Å². The number of nitrogens with zero attached hydrogens (tertiary/aromatic N) is 4. The molecule has 0 spiro atoms. The molecule has 0 aromatic heterocycles. The molecule has 0 amide bonds. The van der Waals surface area contributed by atoms with Crippen LogP contribution in [0.25, 0.3) is 5.70 Å². The second-order valence-electron chi connectivity index (χ2n) is 8.82. The zero-order valence-corrected chi connectivity index (χ0v) is 18.9. The van der Waals surface area contributed by atoms with Crippen LogP contribution in [0.4, 0.5) is 11.4 Å². The van der Waals surface area contributed by atoms with Gasteiger partial charge in [0, 0.05) is 41.5 Å². The normalized spacial score (nSPS) is 16.8. The van der Waals surface area contributed by atoms with Gasteiger partial charge in [0.1, 0.15) is 0 Å². The van der Waals surface area contributed by atoms with E-state index in [9.17, 15) is 0 Å². The minimum Gasteiger partial charge on any atom is -0.371 e. The van der Waals surface area contributed by atoms with Crippen LogP contribution in [0.3, 0.4) is 0 Å². The van der Waals surface area contributed by atoms with Gasteiger partial charge in [-0.1, -0.05) is 67.2 Å². The van der Waals surface area contributed by atoms with Crippen molar-refractivity contribution in [2.45, 2.75) is 18.9 Å². The average molecular weight is 423 g/mol. The fourth-order valence-corrected chi connectivity index (χ4v) is 4.75. The predicted molar refractivity (Wildman–Crippen MR) is 135 cm³/mol. The van der Waals surface area contributed by atoms with Crippen LogP contribution in [-0.4, -0.2) is 43.8 Å². The van der Waals surface area contributed by atoms with Gasteiger partial charge in [0.15, 0.2) is 0 Å². The molecule has 0 atom stereocenters. The SMILES string of the molecule is C=C1c2ccccc2C(c2ccccc2)=NN1c1cccc(N2CCC(N(C)C)CC2)c1. The molecule has 0 aliphatic carbocycles. The molecule has 32 heavy (non-hydrogen) atoms. The van der Waals surface area contributed by atoms with Crippen molar-refractivity contribution in [3.63, 3.8) is 0 Å². The molecular weight excluding hydrogens is 392 g/mol. The van der Waals surface area contributed by atoms with E-state index in [1.165, 1.54) is 18.5 Å². The lowest BCUT2D eigenvalue weighted by Gasteiger charge is -2.37. The molecule has 0 unspecified atom stereocenters. The highest BCUT2D eigenvalue weighted by Gasteiger charge is 2.25. The van der Waals surface area contributed by atoms with Crippen molar-refractivity contribution >= 4 is 22.8 Å². The Balaban J connectivity index is 1.50. The van der Waals surface area contributed by atoms with E-state index in [4.69, 9.17) is 5.10 Å². The zero-order valence-electron chi connectivity index (χ0n) is 18.9. The molecule has 4 nitrogen and oxygen atoms in total. The second-order valence-corrected chi connectivity index (χ2v) is 8.82. The summed E-state index contributed by atoms with van der Waals surface area (Å²) >= 11 is 0. The van der Waals surface area contributed by atoms with Gasteiger partial charge in [-0.2, -0.15) is 5.10 Å². The van der Waals surface area contributed by atoms with Crippen molar-refractivity contribution in [1.82, 2.24) is 4.90 Å². The van der Waals surface area contributed by atoms with Crippen molar-refractivity contribution in [3.8, 4) is 0 Å². The first-order chi connectivity index (χ1) is 15.6. The number of fused-ring (bicyclic) bond motifs is 1. The number of hydrogen-bond donors (Lipinski definition) is 0. The topological polar surface area (TPSA) is 22.1 Å². The van der Waals surface area contributed by atoms with Gasteiger partial charge in [-0.3, -0.25) is 0 Å². The highest BCUT2D eigenvalue weighted by atomic mass is 15.5. The molecule has 1 saturated heterocycles. The molecule has 5 rings (SSSR count). The van der Waals surface area contributed by atoms with E-state index in [1.807, 2.05) is 11.1 Å². The number of benzene rings is 3. The molecule has 0 bridgehead atoms. The van der Waals surface area contributed by atoms with Crippen molar-refractivity contribution in [2.24, 2.45) is 5.10 Å². The summed E-state index contributed by atoms with van der Waals surface area (Å²) in [5.41, 5.74) is 7.54. The van der Waals surface area contributed by atoms with Gasteiger partial charge in [-0.25, -0.2) is 5.01 Å². The average Bonchev–Trinajstić information content (AvgIpc) is 2.85. The number of hydrazone groups is 1. The van der Waals surface area contributed by atoms with Crippen molar-refractivity contribution in [3.05, 3.63) is 102 Å². The largest absolute Gasteiger partial charge is 0.371 e. The Kier molecular flexibility index (Phi) is 5.54. The van der Waals surface area contributed by atoms with Gasteiger partial charge in [-0.15, -0.1) is 0 Å². The Morgan fingerprint density at radius 1 is 0.812 bits per heavy atom. The first-order valence-electron chi connectivity index (χ1n) is 11.4. The standard InChI is InChI=1S/C28H30N4/c1-21-26-14-7-8-15-27(26)28(22-10-5-4-6-11-22)29-32(21)25-13-9-12-24(20-25)31-18-16-23(17-19-31)30(2)3/h4-15,20,23H,1,16-19H2,2-3H3. The molecule has 3 aromatic carbocycles. The van der Waals surface area contributed by atoms with Crippen LogP contribution in [0.2, 0.25) is 0 Å². The molecule has 1 fully saturated rings. The minimum absolute atomic E-state index is 0.672. The summed E-state index contributed by atoms with van der Waals surface area (Å²) in [5, 5.41) is 7.09. The first kappa shape index (κ1) is 20.5. The van der Waals surface area contributed by atoms with Crippen molar-refractivity contribution < 1.29 is 0 Å². The zero-order chi connectivity index (χ0) is 22.1. The van der Waals surface area contributed by atoms with Gasteiger partial charge in [0.05, 0.1) is 17.1 Å². The third-order valence-corrected chi connectivity index (χ3v) is 6.63. The lowest BCUT2D eigenvalue weighted by Crippen LogP contribution is -2.42. The number of rotatable bonds is 4. The Hall–Kier alpha value is -3.37. The highest BCUT2D eigenvalue weighted by molar-refractivity contribution is 6.18. The molecule has 0 radical (unpaired) electrons. The van der Waals surface area contributed by atoms with Crippen molar-refractivity contribution in [1.29, 1.82) is 0 Å². The van der Waals surface area contributed by atoms with E-state index in [0.29, 0.717) is 6.04 Å². The molecule has 162 valence electrons. The van der Waals surface area contributed by atoms with Crippen LogP contribution in [-0.2, 0) is 0 Å². The quantitative estimate of drug-likeness (QED) is 0.557. The molecule has 2 aliphatic heterocycles. The van der Waals surface area contributed by atoms with Crippen LogP contribution in [0, 0.1) is 0 Å². The fourth-order valence-electron chi connectivity index (χ4n) is 4.75. The van der Waals surface area contributed by atoms with Gasteiger partial charge >= 0.3 is 0 Å². The lowest BCUT2D eigenvalue weighted by molar-refractivity contribution is 0.249. The second kappa shape index (κ2) is 8.64. The molecule has 2 aliphatic rings. The third kappa shape index (κ3) is 3.82. The van der Waals surface area contributed by atoms with Gasteiger partial charge < -0.3 is 9.80 Å². The Labute approximate surface area is 191 Å². The van der Waals surface area contributed by atoms with Crippen LogP contribution < -0.4 is 9.91 Å². The molecule has 0 N–H and O–H groups in total. The summed E-state index contributed by atoms with van der Waals surface area (Å²) in [6, 6.07) is 28.2. The van der Waals surface area contributed by atoms with Crippen molar-refractivity contribution in [2.75, 3.05) is 37.1 Å². The molecule has 4 heteroatoms. The van der Waals surface area contributed by atoms with E-state index in [-0.39, 0.29) is 0 Å². The maximum Gasteiger partial charge on any atom is 0.0991 e. The van der Waals surface area contributed by atoms with Gasteiger partial charge in [0.25, 0.3) is 0 Å². The summed E-state index contributed by atoms with van der Waals surface area (Å²) in [5.74, 6) is 0. The fraction of sp³-hybridized carbons (Fsp3) is 0.250. The smallest absolute Gasteiger partial charge is 0.0991 e. The summed E-state index contributed by atoms with van der Waals surface area (Å²) in [6.45, 7) is 6.57. The van der Waals surface area contributed by atoms with Crippen LogP contribution in [0.1, 0.15) is 29.5 Å². The summed E-state index contributed by atoms with van der Waals surface area (Å²) < 4.78 is 0. The number of hydrogen-bond acceptors (Lipinski definition) is 4. The van der Waals surface area contributed by atoms with Crippen LogP contribution >= 0.6 is 0 Å². The van der Waals surface area contributed by atoms with Gasteiger partial charge in [-0.05, 0) is 45.1 Å². The molecule has 3 aromatic rings. The maximum atomic E-state index is 5.09. The summed E-state index contributed by atoms with van der Waals surface area (Å²) in [4.78, 5) is 4.84. The Morgan fingerprint density at radius 3 is 2.19 bits per heavy atom. The third-order valence-electron chi connectivity index (χ3n) is 6.63. The van der Waals surface area contributed by atoms with E-state index < -0.39 is 0 Å². The van der Waals surface area contributed by atoms with Crippen LogP contribution in [0.5, 0.6) is 0 Å². The molecule has 0 saturated carbocycles. The van der Waals surface area contributed by atoms with E-state index in [2.05, 4.69) is 103 Å². The molecular formula is C28H30N4. The number of anilines is 2. The highest BCUT2D eigenvalue weighted by Crippen LogP contribution is 2.35. The maximum absolute atomic E-state index is 5.09. The van der Waals surface area contributed by atoms with E-state index >= 15 is 0 Å². The lowest BCUT2D eigenvalue weighted by atomic mass is 9.94. The Morgan fingerprint density at radius 2 is 1.47 bits per heavy atom. The predicted octanol–water partition coefficient (Wildman–Crippen LogP) is 5.46. The van der Waals surface area contributed by atoms with Crippen LogP contribution in [0.15, 0.2) is 90.5 Å². The Bertz CT molecular complexity index is 1140. The monoisotopic (exact) mass is 422 g/mol. The van der Waals surface area contributed by atoms with Gasteiger partial charge in [0.2, 0.25) is 0 Å². The number of piperidine rings is 1. The summed E-state index contributed by atoms with van der Waals surface area (Å²) in [7, 11) is 4.37. The first-order valence-corrected chi connectivity index (χ1v) is 11.4. The molecule has 2 heterocycles. The minimum atomic E-state index is 0.672. The van der Waals surface area contributed by atoms with E-state index in [1.54, 1.807) is 0 Å².